The Bertz CT molecular complexity index is 1700. The summed E-state index contributed by atoms with van der Waals surface area (Å²) in [6.45, 7) is 0. The zero-order chi connectivity index (χ0) is 25.6. The van der Waals surface area contributed by atoms with E-state index in [0.29, 0.717) is 21.8 Å². The number of non-ortho nitro benzene ring substituents is 2. The fourth-order valence-corrected chi connectivity index (χ4v) is 4.05. The fraction of sp³-hybridized carbons (Fsp3) is 0. The van der Waals surface area contributed by atoms with Gasteiger partial charge in [0.05, 0.1) is 32.7 Å². The van der Waals surface area contributed by atoms with Crippen molar-refractivity contribution in [2.24, 2.45) is 5.18 Å². The highest BCUT2D eigenvalue weighted by molar-refractivity contribution is 6.10. The average Bonchev–Trinajstić information content (AvgIpc) is 3.39. The molecule has 4 N–H and O–H groups in total. The Morgan fingerprint density at radius 2 is 1.56 bits per heavy atom. The molecule has 0 radical (unpaired) electrons. The van der Waals surface area contributed by atoms with E-state index in [1.165, 1.54) is 12.1 Å². The van der Waals surface area contributed by atoms with Gasteiger partial charge in [0.15, 0.2) is 5.88 Å². The number of aromatic amines is 2. The monoisotopic (exact) mass is 486 g/mol. The summed E-state index contributed by atoms with van der Waals surface area (Å²) < 4.78 is 0. The van der Waals surface area contributed by atoms with Gasteiger partial charge in [0, 0.05) is 39.6 Å². The third-order valence-corrected chi connectivity index (χ3v) is 5.64. The third kappa shape index (κ3) is 3.66. The van der Waals surface area contributed by atoms with E-state index in [-0.39, 0.29) is 34.1 Å². The second kappa shape index (κ2) is 8.32. The molecule has 0 bridgehead atoms. The van der Waals surface area contributed by atoms with Crippen LogP contribution in [0.15, 0.2) is 65.8 Å². The number of para-hydroxylation sites is 1. The Balaban J connectivity index is 1.58. The van der Waals surface area contributed by atoms with Crippen LogP contribution in [0.25, 0.3) is 33.1 Å². The number of aromatic nitrogens is 2. The number of benzene rings is 3. The molecular formula is C23H14N6O7. The quantitative estimate of drug-likeness (QED) is 0.138. The minimum absolute atomic E-state index is 0.0974. The molecule has 3 aromatic carbocycles. The molecule has 0 aliphatic heterocycles. The largest absolute Gasteiger partial charge is 0.494 e. The molecule has 1 amide bonds. The number of hydrogen-bond acceptors (Lipinski definition) is 8. The Labute approximate surface area is 199 Å². The van der Waals surface area contributed by atoms with Crippen LogP contribution < -0.4 is 5.32 Å². The maximum atomic E-state index is 12.8. The summed E-state index contributed by atoms with van der Waals surface area (Å²) in [5.74, 6) is -1.05. The minimum Gasteiger partial charge on any atom is -0.494 e. The highest BCUT2D eigenvalue weighted by atomic mass is 16.6. The van der Waals surface area contributed by atoms with Crippen molar-refractivity contribution >= 4 is 50.5 Å². The van der Waals surface area contributed by atoms with Crippen LogP contribution in [-0.2, 0) is 0 Å². The molecular weight excluding hydrogens is 472 g/mol. The van der Waals surface area contributed by atoms with Crippen molar-refractivity contribution in [3.63, 3.8) is 0 Å². The lowest BCUT2D eigenvalue weighted by atomic mass is 10.1. The molecule has 0 atom stereocenters. The van der Waals surface area contributed by atoms with Gasteiger partial charge in [-0.1, -0.05) is 18.2 Å². The summed E-state index contributed by atoms with van der Waals surface area (Å²) in [6.07, 6.45) is 0. The lowest BCUT2D eigenvalue weighted by molar-refractivity contribution is -0.394. The molecule has 178 valence electrons. The van der Waals surface area contributed by atoms with Crippen LogP contribution in [0.1, 0.15) is 10.4 Å². The summed E-state index contributed by atoms with van der Waals surface area (Å²) in [5, 5.41) is 39.6. The van der Waals surface area contributed by atoms with Crippen molar-refractivity contribution in [2.75, 3.05) is 5.32 Å². The Morgan fingerprint density at radius 1 is 0.889 bits per heavy atom. The van der Waals surface area contributed by atoms with Gasteiger partial charge in [0.2, 0.25) is 0 Å². The smallest absolute Gasteiger partial charge is 0.277 e. The first-order valence-electron chi connectivity index (χ1n) is 10.3. The van der Waals surface area contributed by atoms with Gasteiger partial charge in [-0.25, -0.2) is 0 Å². The van der Waals surface area contributed by atoms with Crippen LogP contribution in [-0.4, -0.2) is 30.8 Å². The molecule has 0 aliphatic carbocycles. The van der Waals surface area contributed by atoms with E-state index in [2.05, 4.69) is 20.5 Å². The molecule has 13 nitrogen and oxygen atoms in total. The maximum absolute atomic E-state index is 12.8. The average molecular weight is 486 g/mol. The van der Waals surface area contributed by atoms with Crippen molar-refractivity contribution < 1.29 is 19.7 Å². The zero-order valence-corrected chi connectivity index (χ0v) is 18.0. The normalized spacial score (nSPS) is 11.0. The van der Waals surface area contributed by atoms with Gasteiger partial charge in [-0.05, 0) is 29.4 Å². The number of nitro groups is 2. The topological polar surface area (TPSA) is 197 Å². The summed E-state index contributed by atoms with van der Waals surface area (Å²) in [4.78, 5) is 51.0. The van der Waals surface area contributed by atoms with E-state index < -0.39 is 27.1 Å². The minimum atomic E-state index is -0.830. The molecule has 5 rings (SSSR count). The highest BCUT2D eigenvalue weighted by Gasteiger charge is 2.23. The van der Waals surface area contributed by atoms with Crippen molar-refractivity contribution in [1.29, 1.82) is 0 Å². The van der Waals surface area contributed by atoms with Crippen LogP contribution in [0.5, 0.6) is 5.88 Å². The zero-order valence-electron chi connectivity index (χ0n) is 18.0. The number of carbonyl (C=O) groups is 1. The van der Waals surface area contributed by atoms with Crippen molar-refractivity contribution in [1.82, 2.24) is 9.97 Å². The highest BCUT2D eigenvalue weighted by Crippen LogP contribution is 2.44. The number of hydrogen-bond donors (Lipinski definition) is 4. The molecule has 36 heavy (non-hydrogen) atoms. The Morgan fingerprint density at radius 3 is 2.22 bits per heavy atom. The van der Waals surface area contributed by atoms with E-state index >= 15 is 0 Å². The predicted molar refractivity (Wildman–Crippen MR) is 130 cm³/mol. The van der Waals surface area contributed by atoms with Crippen molar-refractivity contribution in [3.8, 4) is 17.1 Å². The number of nitrogens with one attached hydrogen (secondary N) is 3. The second-order valence-corrected chi connectivity index (χ2v) is 7.80. The number of amides is 1. The fourth-order valence-electron chi connectivity index (χ4n) is 4.05. The molecule has 0 spiro atoms. The lowest BCUT2D eigenvalue weighted by Crippen LogP contribution is -2.12. The number of fused-ring (bicyclic) bond motifs is 2. The summed E-state index contributed by atoms with van der Waals surface area (Å²) >= 11 is 0. The van der Waals surface area contributed by atoms with Crippen LogP contribution in [0.4, 0.5) is 22.7 Å². The second-order valence-electron chi connectivity index (χ2n) is 7.80. The molecule has 0 saturated heterocycles. The Kier molecular flexibility index (Phi) is 5.13. The molecule has 0 fully saturated rings. The number of carbonyl (C=O) groups excluding carboxylic acids is 1. The van der Waals surface area contributed by atoms with E-state index in [9.17, 15) is 35.0 Å². The molecule has 0 unspecified atom stereocenters. The van der Waals surface area contributed by atoms with Gasteiger partial charge in [-0.3, -0.25) is 25.0 Å². The molecule has 2 aromatic heterocycles. The number of nitrogens with zero attached hydrogens (tertiary/aromatic N) is 3. The van der Waals surface area contributed by atoms with Gasteiger partial charge in [-0.2, -0.15) is 0 Å². The van der Waals surface area contributed by atoms with Gasteiger partial charge < -0.3 is 20.4 Å². The molecule has 13 heteroatoms. The number of H-pyrrole nitrogens is 2. The van der Waals surface area contributed by atoms with E-state index in [1.807, 2.05) is 0 Å². The van der Waals surface area contributed by atoms with E-state index in [0.717, 1.165) is 18.2 Å². The van der Waals surface area contributed by atoms with Crippen LogP contribution in [0, 0.1) is 25.1 Å². The van der Waals surface area contributed by atoms with E-state index in [1.54, 1.807) is 30.3 Å². The van der Waals surface area contributed by atoms with Gasteiger partial charge >= 0.3 is 0 Å². The first-order valence-corrected chi connectivity index (χ1v) is 10.3. The number of anilines is 1. The van der Waals surface area contributed by atoms with Crippen molar-refractivity contribution in [2.45, 2.75) is 0 Å². The first kappa shape index (κ1) is 22.2. The lowest BCUT2D eigenvalue weighted by Gasteiger charge is -2.07. The molecule has 5 aromatic rings. The SMILES string of the molecule is O=Nc1c(-c2c(O)[nH]c3ccc(NC(=O)c4cc([N+](=O)[O-])cc([N+](=O)[O-])c4)cc23)[nH]c2ccccc12. The van der Waals surface area contributed by atoms with Gasteiger partial charge in [-0.15, -0.1) is 4.91 Å². The number of aromatic hydroxyl groups is 1. The van der Waals surface area contributed by atoms with Gasteiger partial charge in [0.1, 0.15) is 5.69 Å². The summed E-state index contributed by atoms with van der Waals surface area (Å²) in [5.41, 5.74) is 0.487. The number of nitro benzene ring substituents is 2. The summed E-state index contributed by atoms with van der Waals surface area (Å²) in [6, 6.07) is 14.2. The maximum Gasteiger partial charge on any atom is 0.277 e. The number of rotatable bonds is 6. The van der Waals surface area contributed by atoms with Gasteiger partial charge in [0.25, 0.3) is 17.3 Å². The molecule has 0 saturated carbocycles. The summed E-state index contributed by atoms with van der Waals surface area (Å²) in [7, 11) is 0. The molecule has 2 heterocycles. The standard InChI is InChI=1S/C23H14N6O7/c30-22(11-7-13(28(33)34)10-14(8-11)29(35)36)24-12-5-6-18-16(9-12)19(23(31)26-18)21-20(27-32)15-3-1-2-4-17(15)25-21/h1-10,25-26,31H,(H,24,30). The molecule has 0 aliphatic rings. The third-order valence-electron chi connectivity index (χ3n) is 5.64. The van der Waals surface area contributed by atoms with Crippen LogP contribution in [0.2, 0.25) is 0 Å². The first-order chi connectivity index (χ1) is 17.3. The van der Waals surface area contributed by atoms with Crippen LogP contribution in [0.3, 0.4) is 0 Å². The predicted octanol–water partition coefficient (Wildman–Crippen LogP) is 5.49. The van der Waals surface area contributed by atoms with E-state index in [4.69, 9.17) is 0 Å². The number of nitroso groups, excluding NO2 is 1. The Hall–Kier alpha value is -5.59. The van der Waals surface area contributed by atoms with Crippen molar-refractivity contribution in [3.05, 3.63) is 91.4 Å². The van der Waals surface area contributed by atoms with Crippen LogP contribution >= 0.6 is 0 Å².